The fourth-order valence-electron chi connectivity index (χ4n) is 6.09. The number of aryl methyl sites for hydroxylation is 3. The first kappa shape index (κ1) is 36.7. The first-order chi connectivity index (χ1) is 22.1. The van der Waals surface area contributed by atoms with Gasteiger partial charge < -0.3 is 15.1 Å². The predicted octanol–water partition coefficient (Wildman–Crippen LogP) is 10.5. The zero-order valence-electron chi connectivity index (χ0n) is 28.3. The van der Waals surface area contributed by atoms with Crippen molar-refractivity contribution in [1.29, 1.82) is 0 Å². The molecule has 6 rings (SSSR count). The number of benzene rings is 3. The van der Waals surface area contributed by atoms with E-state index < -0.39 is 0 Å². The fraction of sp³-hybridized carbons (Fsp3) is 0.525. The molecule has 4 nitrogen and oxygen atoms in total. The van der Waals surface area contributed by atoms with Crippen molar-refractivity contribution in [3.05, 3.63) is 89.0 Å². The molecule has 45 heavy (non-hydrogen) atoms. The largest absolute Gasteiger partial charge is 0.385 e. The number of halogens is 1. The quantitative estimate of drug-likeness (QED) is 0.181. The summed E-state index contributed by atoms with van der Waals surface area (Å²) in [6.07, 6.45) is 16.0. The minimum Gasteiger partial charge on any atom is -0.385 e. The molecule has 0 atom stereocenters. The average Bonchev–Trinajstić information content (AvgIpc) is 3.10. The number of hydrogen-bond acceptors (Lipinski definition) is 4. The Morgan fingerprint density at radius 3 is 1.87 bits per heavy atom. The van der Waals surface area contributed by atoms with Crippen LogP contribution in [0.25, 0.3) is 0 Å². The summed E-state index contributed by atoms with van der Waals surface area (Å²) in [6, 6.07) is 23.5. The Morgan fingerprint density at radius 2 is 1.27 bits per heavy atom. The highest BCUT2D eigenvalue weighted by Gasteiger charge is 2.16. The van der Waals surface area contributed by atoms with Gasteiger partial charge in [-0.15, -0.1) is 0 Å². The van der Waals surface area contributed by atoms with Crippen LogP contribution in [0.2, 0.25) is 0 Å². The molecule has 246 valence electrons. The van der Waals surface area contributed by atoms with Crippen LogP contribution in [0.5, 0.6) is 0 Å². The molecule has 3 aliphatic heterocycles. The maximum atomic E-state index is 10.7. The van der Waals surface area contributed by atoms with Crippen LogP contribution in [-0.2, 0) is 19.3 Å². The van der Waals surface area contributed by atoms with E-state index in [1.165, 1.54) is 117 Å². The molecule has 1 N–H and O–H groups in total. The van der Waals surface area contributed by atoms with Crippen LogP contribution < -0.4 is 15.1 Å². The zero-order valence-corrected chi connectivity index (χ0v) is 29.9. The van der Waals surface area contributed by atoms with Gasteiger partial charge in [0.1, 0.15) is 6.29 Å². The average molecular weight is 677 g/mol. The first-order valence-electron chi connectivity index (χ1n) is 17.7. The van der Waals surface area contributed by atoms with Crippen LogP contribution in [0.15, 0.2) is 66.7 Å². The summed E-state index contributed by atoms with van der Waals surface area (Å²) in [7, 11) is 0. The highest BCUT2D eigenvalue weighted by molar-refractivity contribution is 9.09. The molecule has 3 aromatic rings. The van der Waals surface area contributed by atoms with Crippen LogP contribution in [-0.4, -0.2) is 44.3 Å². The normalized spacial score (nSPS) is 14.4. The van der Waals surface area contributed by atoms with Crippen molar-refractivity contribution in [3.8, 4) is 0 Å². The standard InChI is InChI=1S/C14H19NO.C13H19N.C9H11N.C4H9Br/c1-2-3-8-15-9-4-5-13-10-12(11-16)6-7-14(13)15;1-2-3-10-14-11-6-8-12-7-4-5-9-13(12)14;1-2-6-9-8(4-1)5-3-7-10-9;1-2-3-4-5/h6-7,10-11H,2-5,8-9H2,1H3;4-5,7,9H,2-3,6,8,10-11H2,1H3;1-2,4,6,10H,3,5,7H2;2-4H2,1H3. The number of nitrogens with zero attached hydrogens (tertiary/aromatic N) is 2. The second-order valence-corrected chi connectivity index (χ2v) is 13.0. The summed E-state index contributed by atoms with van der Waals surface area (Å²) in [4.78, 5) is 15.7. The smallest absolute Gasteiger partial charge is 0.150 e. The van der Waals surface area contributed by atoms with E-state index in [1.807, 2.05) is 12.1 Å². The van der Waals surface area contributed by atoms with Crippen LogP contribution in [0.3, 0.4) is 0 Å². The molecule has 0 unspecified atom stereocenters. The second kappa shape index (κ2) is 21.9. The van der Waals surface area contributed by atoms with Gasteiger partial charge >= 0.3 is 0 Å². The van der Waals surface area contributed by atoms with Crippen molar-refractivity contribution < 1.29 is 4.79 Å². The van der Waals surface area contributed by atoms with E-state index in [1.54, 1.807) is 0 Å². The van der Waals surface area contributed by atoms with E-state index in [-0.39, 0.29) is 0 Å². The van der Waals surface area contributed by atoms with E-state index in [0.717, 1.165) is 43.2 Å². The maximum Gasteiger partial charge on any atom is 0.150 e. The van der Waals surface area contributed by atoms with Crippen molar-refractivity contribution >= 4 is 39.3 Å². The number of rotatable bonds is 9. The number of unbranched alkanes of at least 4 members (excludes halogenated alkanes) is 3. The van der Waals surface area contributed by atoms with E-state index in [2.05, 4.69) is 106 Å². The van der Waals surface area contributed by atoms with Crippen LogP contribution in [0, 0.1) is 0 Å². The number of aldehydes is 1. The molecular weight excluding hydrogens is 618 g/mol. The van der Waals surface area contributed by atoms with Crippen LogP contribution in [0.1, 0.15) is 106 Å². The number of anilines is 3. The molecule has 3 aromatic carbocycles. The Morgan fingerprint density at radius 1 is 0.689 bits per heavy atom. The summed E-state index contributed by atoms with van der Waals surface area (Å²) in [6.45, 7) is 12.6. The SMILES string of the molecule is CCCCBr.CCCCN1CCCc2cc(C=O)ccc21.CCCCN1CCCc2ccccc21.c1ccc2c(c1)CCCN2. The Bertz CT molecular complexity index is 1220. The van der Waals surface area contributed by atoms with E-state index >= 15 is 0 Å². The van der Waals surface area contributed by atoms with Gasteiger partial charge in [-0.05, 0) is 105 Å². The molecule has 0 bridgehead atoms. The summed E-state index contributed by atoms with van der Waals surface area (Å²) in [5, 5.41) is 4.52. The number of nitrogens with one attached hydrogen (secondary N) is 1. The molecule has 0 radical (unpaired) electrons. The Hall–Kier alpha value is -2.79. The highest BCUT2D eigenvalue weighted by atomic mass is 79.9. The van der Waals surface area contributed by atoms with E-state index in [0.29, 0.717) is 0 Å². The highest BCUT2D eigenvalue weighted by Crippen LogP contribution is 2.28. The van der Waals surface area contributed by atoms with E-state index in [9.17, 15) is 4.79 Å². The van der Waals surface area contributed by atoms with Gasteiger partial charge in [0, 0.05) is 60.7 Å². The Kier molecular flexibility index (Phi) is 17.8. The van der Waals surface area contributed by atoms with Crippen molar-refractivity contribution in [2.45, 2.75) is 97.8 Å². The van der Waals surface area contributed by atoms with Crippen molar-refractivity contribution in [2.75, 3.05) is 53.2 Å². The third kappa shape index (κ3) is 12.5. The van der Waals surface area contributed by atoms with Crippen molar-refractivity contribution in [2.24, 2.45) is 0 Å². The molecule has 0 saturated heterocycles. The van der Waals surface area contributed by atoms with Gasteiger partial charge in [0.05, 0.1) is 0 Å². The summed E-state index contributed by atoms with van der Waals surface area (Å²) < 4.78 is 0. The van der Waals surface area contributed by atoms with Gasteiger partial charge in [0.15, 0.2) is 0 Å². The number of alkyl halides is 1. The predicted molar refractivity (Wildman–Crippen MR) is 201 cm³/mol. The molecule has 0 amide bonds. The maximum absolute atomic E-state index is 10.7. The topological polar surface area (TPSA) is 35.6 Å². The van der Waals surface area contributed by atoms with Crippen LogP contribution in [0.4, 0.5) is 17.1 Å². The second-order valence-electron chi connectivity index (χ2n) is 12.3. The van der Waals surface area contributed by atoms with E-state index in [4.69, 9.17) is 0 Å². The Labute approximate surface area is 283 Å². The molecule has 3 aliphatic rings. The van der Waals surface area contributed by atoms with Crippen LogP contribution >= 0.6 is 15.9 Å². The lowest BCUT2D eigenvalue weighted by Crippen LogP contribution is -2.30. The molecule has 0 saturated carbocycles. The monoisotopic (exact) mass is 675 g/mol. The minimum atomic E-state index is 0.802. The van der Waals surface area contributed by atoms with Crippen molar-refractivity contribution in [1.82, 2.24) is 0 Å². The van der Waals surface area contributed by atoms with Crippen molar-refractivity contribution in [3.63, 3.8) is 0 Å². The lowest BCUT2D eigenvalue weighted by Gasteiger charge is -2.31. The molecular formula is C40H58BrN3O. The third-order valence-electron chi connectivity index (χ3n) is 8.67. The minimum absolute atomic E-state index is 0.802. The Balaban J connectivity index is 0.000000174. The molecule has 0 aliphatic carbocycles. The zero-order chi connectivity index (χ0) is 32.1. The summed E-state index contributed by atoms with van der Waals surface area (Å²) >= 11 is 3.31. The molecule has 0 fully saturated rings. The number of carbonyl (C=O) groups excluding carboxylic acids is 1. The number of carbonyl (C=O) groups is 1. The molecule has 0 spiro atoms. The number of fused-ring (bicyclic) bond motifs is 3. The van der Waals surface area contributed by atoms with Gasteiger partial charge in [0.25, 0.3) is 0 Å². The third-order valence-corrected chi connectivity index (χ3v) is 9.23. The molecule has 3 heterocycles. The lowest BCUT2D eigenvalue weighted by atomic mass is 9.99. The van der Waals surface area contributed by atoms with Gasteiger partial charge in [-0.3, -0.25) is 4.79 Å². The molecule has 5 heteroatoms. The summed E-state index contributed by atoms with van der Waals surface area (Å²) in [5.41, 5.74) is 9.29. The fourth-order valence-corrected chi connectivity index (χ4v) is 6.65. The number of para-hydroxylation sites is 2. The lowest BCUT2D eigenvalue weighted by molar-refractivity contribution is 0.112. The first-order valence-corrected chi connectivity index (χ1v) is 18.8. The van der Waals surface area contributed by atoms with Gasteiger partial charge in [-0.2, -0.15) is 0 Å². The molecule has 0 aromatic heterocycles. The van der Waals surface area contributed by atoms with Gasteiger partial charge in [-0.25, -0.2) is 0 Å². The summed E-state index contributed by atoms with van der Waals surface area (Å²) in [5.74, 6) is 0. The van der Waals surface area contributed by atoms with Gasteiger partial charge in [0.2, 0.25) is 0 Å². The number of hydrogen-bond donors (Lipinski definition) is 1. The van der Waals surface area contributed by atoms with Gasteiger partial charge in [-0.1, -0.05) is 92.4 Å².